The van der Waals surface area contributed by atoms with Crippen LogP contribution in [0.15, 0.2) is 11.4 Å². The largest absolute Gasteiger partial charge is 0.386 e. The van der Waals surface area contributed by atoms with Crippen LogP contribution in [0.25, 0.3) is 0 Å². The van der Waals surface area contributed by atoms with E-state index in [0.717, 1.165) is 13.0 Å². The molecule has 21 heavy (non-hydrogen) atoms. The van der Waals surface area contributed by atoms with E-state index in [1.807, 2.05) is 11.8 Å². The molecular formula is C15H22N2O3S. The Hall–Kier alpha value is -0.950. The van der Waals surface area contributed by atoms with Gasteiger partial charge in [-0.05, 0) is 30.4 Å². The van der Waals surface area contributed by atoms with Crippen molar-refractivity contribution in [1.29, 1.82) is 0 Å². The highest BCUT2D eigenvalue weighted by atomic mass is 32.1. The highest BCUT2D eigenvalue weighted by Gasteiger charge is 2.39. The maximum absolute atomic E-state index is 12.2. The van der Waals surface area contributed by atoms with E-state index in [2.05, 4.69) is 16.8 Å². The van der Waals surface area contributed by atoms with Gasteiger partial charge < -0.3 is 20.1 Å². The molecule has 1 aromatic rings. The second-order valence-corrected chi connectivity index (χ2v) is 6.91. The maximum Gasteiger partial charge on any atom is 0.236 e. The van der Waals surface area contributed by atoms with Crippen molar-refractivity contribution in [3.05, 3.63) is 21.9 Å². The average molecular weight is 310 g/mol. The molecule has 3 rings (SSSR count). The number of hydrogen-bond donors (Lipinski definition) is 2. The van der Waals surface area contributed by atoms with Crippen molar-refractivity contribution in [3.63, 3.8) is 0 Å². The quantitative estimate of drug-likeness (QED) is 0.862. The Morgan fingerprint density at radius 2 is 2.52 bits per heavy atom. The van der Waals surface area contributed by atoms with E-state index in [-0.39, 0.29) is 18.6 Å². The normalized spacial score (nSPS) is 28.7. The van der Waals surface area contributed by atoms with Gasteiger partial charge in [0.25, 0.3) is 0 Å². The Bertz CT molecular complexity index is 519. The van der Waals surface area contributed by atoms with Gasteiger partial charge in [-0.25, -0.2) is 0 Å². The van der Waals surface area contributed by atoms with Gasteiger partial charge in [0.15, 0.2) is 0 Å². The van der Waals surface area contributed by atoms with Crippen molar-refractivity contribution in [3.8, 4) is 0 Å². The number of carbonyl (C=O) groups excluding carboxylic acids is 1. The number of amides is 1. The van der Waals surface area contributed by atoms with Gasteiger partial charge in [0.2, 0.25) is 5.91 Å². The van der Waals surface area contributed by atoms with Crippen LogP contribution < -0.4 is 5.32 Å². The van der Waals surface area contributed by atoms with Gasteiger partial charge in [0, 0.05) is 37.5 Å². The molecule has 1 aromatic heterocycles. The zero-order valence-electron chi connectivity index (χ0n) is 12.3. The monoisotopic (exact) mass is 310 g/mol. The molecule has 0 saturated carbocycles. The number of carbonyl (C=O) groups is 1. The van der Waals surface area contributed by atoms with Crippen LogP contribution in [0, 0.1) is 0 Å². The summed E-state index contributed by atoms with van der Waals surface area (Å²) in [6.45, 7) is 4.63. The molecule has 2 unspecified atom stereocenters. The lowest BCUT2D eigenvalue weighted by Crippen LogP contribution is -2.49. The zero-order chi connectivity index (χ0) is 14.9. The number of nitrogens with one attached hydrogen (secondary N) is 1. The van der Waals surface area contributed by atoms with Crippen molar-refractivity contribution in [2.45, 2.75) is 38.0 Å². The second kappa shape index (κ2) is 6.04. The summed E-state index contributed by atoms with van der Waals surface area (Å²) in [7, 11) is 0. The lowest BCUT2D eigenvalue weighted by molar-refractivity contribution is -0.131. The average Bonchev–Trinajstić information content (AvgIpc) is 3.05. The molecule has 0 aliphatic carbocycles. The van der Waals surface area contributed by atoms with E-state index in [4.69, 9.17) is 4.74 Å². The minimum Gasteiger partial charge on any atom is -0.386 e. The van der Waals surface area contributed by atoms with Crippen molar-refractivity contribution < 1.29 is 14.6 Å². The van der Waals surface area contributed by atoms with E-state index in [1.54, 1.807) is 11.3 Å². The van der Waals surface area contributed by atoms with Crippen molar-refractivity contribution in [2.75, 3.05) is 26.2 Å². The third-order valence-corrected chi connectivity index (χ3v) is 5.55. The number of thiophene rings is 1. The minimum absolute atomic E-state index is 0.0991. The molecule has 2 atom stereocenters. The van der Waals surface area contributed by atoms with Crippen LogP contribution in [0.2, 0.25) is 0 Å². The Morgan fingerprint density at radius 3 is 3.29 bits per heavy atom. The zero-order valence-corrected chi connectivity index (χ0v) is 13.1. The van der Waals surface area contributed by atoms with Crippen LogP contribution >= 0.6 is 11.3 Å². The number of rotatable bonds is 4. The van der Waals surface area contributed by atoms with Gasteiger partial charge in [-0.3, -0.25) is 4.79 Å². The third kappa shape index (κ3) is 3.13. The Kier molecular flexibility index (Phi) is 4.31. The smallest absolute Gasteiger partial charge is 0.236 e. The molecule has 1 fully saturated rings. The summed E-state index contributed by atoms with van der Waals surface area (Å²) in [5.41, 5.74) is 0.430. The summed E-state index contributed by atoms with van der Waals surface area (Å²) in [4.78, 5) is 15.5. The van der Waals surface area contributed by atoms with E-state index < -0.39 is 5.60 Å². The minimum atomic E-state index is -0.845. The molecule has 2 N–H and O–H groups in total. The summed E-state index contributed by atoms with van der Waals surface area (Å²) < 4.78 is 5.39. The molecule has 6 heteroatoms. The predicted molar refractivity (Wildman–Crippen MR) is 81.3 cm³/mol. The van der Waals surface area contributed by atoms with Crippen molar-refractivity contribution in [2.24, 2.45) is 0 Å². The summed E-state index contributed by atoms with van der Waals surface area (Å²) in [5.74, 6) is 0.0991. The molecule has 2 aliphatic heterocycles. The molecule has 2 aliphatic rings. The first-order valence-corrected chi connectivity index (χ1v) is 8.34. The summed E-state index contributed by atoms with van der Waals surface area (Å²) in [5, 5.41) is 15.6. The standard InChI is InChI=1S/C15H22N2O3S/c1-11-15(19,4-6-20-11)10-16-8-14(18)17-5-2-13-12(9-17)3-7-21-13/h3,7,11,16,19H,2,4-6,8-10H2,1H3. The van der Waals surface area contributed by atoms with Gasteiger partial charge in [-0.15, -0.1) is 11.3 Å². The maximum atomic E-state index is 12.2. The van der Waals surface area contributed by atoms with Gasteiger partial charge in [-0.1, -0.05) is 0 Å². The molecule has 0 spiro atoms. The molecule has 0 bridgehead atoms. The molecule has 116 valence electrons. The predicted octanol–water partition coefficient (Wildman–Crippen LogP) is 0.762. The number of aliphatic hydroxyl groups is 1. The molecule has 3 heterocycles. The lowest BCUT2D eigenvalue weighted by atomic mass is 9.97. The van der Waals surface area contributed by atoms with E-state index in [9.17, 15) is 9.90 Å². The van der Waals surface area contributed by atoms with Gasteiger partial charge in [0.05, 0.1) is 12.6 Å². The van der Waals surface area contributed by atoms with Gasteiger partial charge in [-0.2, -0.15) is 0 Å². The summed E-state index contributed by atoms with van der Waals surface area (Å²) >= 11 is 1.77. The molecule has 1 amide bonds. The second-order valence-electron chi connectivity index (χ2n) is 5.90. The highest BCUT2D eigenvalue weighted by Crippen LogP contribution is 2.25. The van der Waals surface area contributed by atoms with Crippen molar-refractivity contribution >= 4 is 17.2 Å². The fourth-order valence-corrected chi connectivity index (χ4v) is 3.85. The molecule has 0 aromatic carbocycles. The fraction of sp³-hybridized carbons (Fsp3) is 0.667. The van der Waals surface area contributed by atoms with Gasteiger partial charge in [0.1, 0.15) is 5.60 Å². The molecule has 5 nitrogen and oxygen atoms in total. The van der Waals surface area contributed by atoms with Crippen molar-refractivity contribution in [1.82, 2.24) is 10.2 Å². The fourth-order valence-electron chi connectivity index (χ4n) is 2.96. The third-order valence-electron chi connectivity index (χ3n) is 4.53. The Balaban J connectivity index is 1.47. The van der Waals surface area contributed by atoms with Gasteiger partial charge >= 0.3 is 0 Å². The summed E-state index contributed by atoms with van der Waals surface area (Å²) in [6, 6.07) is 2.10. The first-order valence-electron chi connectivity index (χ1n) is 7.46. The topological polar surface area (TPSA) is 61.8 Å². The number of fused-ring (bicyclic) bond motifs is 1. The summed E-state index contributed by atoms with van der Waals surface area (Å²) in [6.07, 6.45) is 1.40. The van der Waals surface area contributed by atoms with E-state index in [0.29, 0.717) is 26.1 Å². The van der Waals surface area contributed by atoms with Crippen LogP contribution in [0.3, 0.4) is 0 Å². The van der Waals surface area contributed by atoms with Crippen LogP contribution in [0.4, 0.5) is 0 Å². The van der Waals surface area contributed by atoms with Crippen LogP contribution in [-0.2, 0) is 22.5 Å². The number of hydrogen-bond acceptors (Lipinski definition) is 5. The van der Waals surface area contributed by atoms with Crippen LogP contribution in [-0.4, -0.2) is 53.9 Å². The first kappa shape index (κ1) is 15.0. The van der Waals surface area contributed by atoms with Crippen LogP contribution in [0.1, 0.15) is 23.8 Å². The Morgan fingerprint density at radius 1 is 1.67 bits per heavy atom. The van der Waals surface area contributed by atoms with Crippen LogP contribution in [0.5, 0.6) is 0 Å². The number of ether oxygens (including phenoxy) is 1. The van der Waals surface area contributed by atoms with E-state index in [1.165, 1.54) is 10.4 Å². The van der Waals surface area contributed by atoms with E-state index >= 15 is 0 Å². The Labute approximate surface area is 128 Å². The first-order chi connectivity index (χ1) is 10.1. The highest BCUT2D eigenvalue weighted by molar-refractivity contribution is 7.10. The number of nitrogens with zero attached hydrogens (tertiary/aromatic N) is 1. The molecule has 0 radical (unpaired) electrons. The molecular weight excluding hydrogens is 288 g/mol. The lowest BCUT2D eigenvalue weighted by Gasteiger charge is -2.29. The SMILES string of the molecule is CC1OCCC1(O)CNCC(=O)N1CCc2sccc2C1. The molecule has 1 saturated heterocycles.